The second-order valence-electron chi connectivity index (χ2n) is 6.57. The molecule has 3 aromatic rings. The molecule has 6 heteroatoms. The number of likely N-dealkylation sites (tertiary alicyclic amines) is 1. The molecular formula is C21H21N3O2S. The maximum atomic E-state index is 13.1. The average Bonchev–Trinajstić information content (AvgIpc) is 3.39. The van der Waals surface area contributed by atoms with Crippen LogP contribution in [0, 0.1) is 0 Å². The van der Waals surface area contributed by atoms with Gasteiger partial charge in [0.2, 0.25) is 11.8 Å². The quantitative estimate of drug-likeness (QED) is 0.603. The van der Waals surface area contributed by atoms with Crippen LogP contribution in [0.3, 0.4) is 0 Å². The minimum Gasteiger partial charge on any atom is -0.416 e. The molecule has 1 atom stereocenters. The van der Waals surface area contributed by atoms with Crippen LogP contribution in [0.2, 0.25) is 0 Å². The van der Waals surface area contributed by atoms with Crippen molar-refractivity contribution in [2.45, 2.75) is 29.7 Å². The first-order valence-electron chi connectivity index (χ1n) is 9.16. The number of thioether (sulfide) groups is 1. The Kier molecular flexibility index (Phi) is 5.53. The molecule has 0 spiro atoms. The van der Waals surface area contributed by atoms with Gasteiger partial charge < -0.3 is 9.32 Å². The van der Waals surface area contributed by atoms with Gasteiger partial charge in [-0.2, -0.15) is 0 Å². The van der Waals surface area contributed by atoms with Crippen molar-refractivity contribution < 1.29 is 9.21 Å². The van der Waals surface area contributed by atoms with E-state index in [1.165, 1.54) is 11.8 Å². The molecule has 5 nitrogen and oxygen atoms in total. The second kappa shape index (κ2) is 8.39. The number of hydrogen-bond acceptors (Lipinski definition) is 5. The van der Waals surface area contributed by atoms with Crippen molar-refractivity contribution in [3.63, 3.8) is 0 Å². The highest BCUT2D eigenvalue weighted by molar-refractivity contribution is 8.00. The monoisotopic (exact) mass is 379 g/mol. The van der Waals surface area contributed by atoms with Gasteiger partial charge >= 0.3 is 0 Å². The van der Waals surface area contributed by atoms with Crippen LogP contribution >= 0.6 is 11.8 Å². The van der Waals surface area contributed by atoms with Crippen molar-refractivity contribution in [3.05, 3.63) is 77.7 Å². The van der Waals surface area contributed by atoms with Crippen LogP contribution in [0.5, 0.6) is 0 Å². The van der Waals surface area contributed by atoms with E-state index in [-0.39, 0.29) is 11.2 Å². The van der Waals surface area contributed by atoms with E-state index in [0.29, 0.717) is 17.5 Å². The minimum atomic E-state index is -0.366. The van der Waals surface area contributed by atoms with Gasteiger partial charge in [-0.05, 0) is 35.7 Å². The molecule has 27 heavy (non-hydrogen) atoms. The zero-order valence-corrected chi connectivity index (χ0v) is 15.8. The summed E-state index contributed by atoms with van der Waals surface area (Å²) in [6.07, 6.45) is 2.73. The number of aromatic nitrogens is 2. The molecule has 0 N–H and O–H groups in total. The highest BCUT2D eigenvalue weighted by Gasteiger charge is 2.30. The molecule has 1 aliphatic rings. The lowest BCUT2D eigenvalue weighted by molar-refractivity contribution is -0.129. The van der Waals surface area contributed by atoms with Crippen molar-refractivity contribution in [2.24, 2.45) is 0 Å². The van der Waals surface area contributed by atoms with Gasteiger partial charge in [-0.1, -0.05) is 60.7 Å². The lowest BCUT2D eigenvalue weighted by Gasteiger charge is -2.22. The van der Waals surface area contributed by atoms with Crippen molar-refractivity contribution in [2.75, 3.05) is 13.1 Å². The first-order valence-corrected chi connectivity index (χ1v) is 10.0. The molecule has 0 saturated carbocycles. The minimum absolute atomic E-state index is 0.117. The number of nitrogens with zero attached hydrogens (tertiary/aromatic N) is 3. The normalized spacial score (nSPS) is 15.0. The van der Waals surface area contributed by atoms with Crippen LogP contribution in [0.25, 0.3) is 0 Å². The largest absolute Gasteiger partial charge is 0.416 e. The number of carbonyl (C=O) groups is 1. The number of rotatable bonds is 6. The van der Waals surface area contributed by atoms with E-state index in [4.69, 9.17) is 4.42 Å². The molecule has 1 fully saturated rings. The molecule has 1 saturated heterocycles. The standard InChI is InChI=1S/C21H21N3O2S/c25-20(24-13-7-8-14-24)19(17-11-5-2-6-12-17)27-21-23-22-18(26-21)15-16-9-3-1-4-10-16/h1-6,9-12,19H,7-8,13-15H2/t19-/m1/s1. The van der Waals surface area contributed by atoms with E-state index < -0.39 is 0 Å². The van der Waals surface area contributed by atoms with Crippen LogP contribution in [0.1, 0.15) is 35.1 Å². The van der Waals surface area contributed by atoms with E-state index in [0.717, 1.165) is 37.1 Å². The summed E-state index contributed by atoms with van der Waals surface area (Å²) in [5.41, 5.74) is 2.08. The highest BCUT2D eigenvalue weighted by Crippen LogP contribution is 2.36. The third-order valence-corrected chi connectivity index (χ3v) is 5.69. The SMILES string of the molecule is O=C([C@H](Sc1nnc(Cc2ccccc2)o1)c1ccccc1)N1CCCC1. The first kappa shape index (κ1) is 17.8. The van der Waals surface area contributed by atoms with Gasteiger partial charge in [-0.3, -0.25) is 4.79 Å². The third-order valence-electron chi connectivity index (χ3n) is 4.61. The highest BCUT2D eigenvalue weighted by atomic mass is 32.2. The summed E-state index contributed by atoms with van der Waals surface area (Å²) in [4.78, 5) is 15.0. The van der Waals surface area contributed by atoms with Gasteiger partial charge in [-0.15, -0.1) is 10.2 Å². The molecule has 2 aromatic carbocycles. The maximum Gasteiger partial charge on any atom is 0.277 e. The number of amides is 1. The Hall–Kier alpha value is -2.60. The van der Waals surface area contributed by atoms with Gasteiger partial charge in [0, 0.05) is 13.1 Å². The smallest absolute Gasteiger partial charge is 0.277 e. The van der Waals surface area contributed by atoms with Gasteiger partial charge in [0.15, 0.2) is 0 Å². The van der Waals surface area contributed by atoms with Crippen LogP contribution < -0.4 is 0 Å². The van der Waals surface area contributed by atoms with E-state index >= 15 is 0 Å². The Morgan fingerprint density at radius 1 is 1.00 bits per heavy atom. The van der Waals surface area contributed by atoms with E-state index in [2.05, 4.69) is 10.2 Å². The molecule has 2 heterocycles. The molecule has 138 valence electrons. The number of benzene rings is 2. The molecule has 1 aliphatic heterocycles. The van der Waals surface area contributed by atoms with Gasteiger partial charge in [-0.25, -0.2) is 0 Å². The summed E-state index contributed by atoms with van der Waals surface area (Å²) in [6.45, 7) is 1.65. The van der Waals surface area contributed by atoms with E-state index in [9.17, 15) is 4.79 Å². The predicted octanol–water partition coefficient (Wildman–Crippen LogP) is 4.12. The summed E-state index contributed by atoms with van der Waals surface area (Å²) in [7, 11) is 0. The van der Waals surface area contributed by atoms with Crippen LogP contribution in [0.4, 0.5) is 0 Å². The van der Waals surface area contributed by atoms with Crippen molar-refractivity contribution in [1.82, 2.24) is 15.1 Å². The van der Waals surface area contributed by atoms with Crippen LogP contribution in [-0.4, -0.2) is 34.1 Å². The summed E-state index contributed by atoms with van der Waals surface area (Å²) in [5.74, 6) is 0.677. The fraction of sp³-hybridized carbons (Fsp3) is 0.286. The van der Waals surface area contributed by atoms with E-state index in [1.807, 2.05) is 65.6 Å². The maximum absolute atomic E-state index is 13.1. The second-order valence-corrected chi connectivity index (χ2v) is 7.62. The zero-order valence-electron chi connectivity index (χ0n) is 15.0. The van der Waals surface area contributed by atoms with Crippen molar-refractivity contribution in [1.29, 1.82) is 0 Å². The van der Waals surface area contributed by atoms with E-state index in [1.54, 1.807) is 0 Å². The van der Waals surface area contributed by atoms with Crippen LogP contribution in [0.15, 0.2) is 70.3 Å². The molecule has 0 radical (unpaired) electrons. The zero-order chi connectivity index (χ0) is 18.5. The molecule has 0 aliphatic carbocycles. The van der Waals surface area contributed by atoms with Gasteiger partial charge in [0.05, 0.1) is 6.42 Å². The Balaban J connectivity index is 1.52. The fourth-order valence-corrected chi connectivity index (χ4v) is 4.20. The molecule has 0 unspecified atom stereocenters. The Bertz CT molecular complexity index is 877. The Labute approximate surface area is 162 Å². The molecule has 0 bridgehead atoms. The third kappa shape index (κ3) is 4.39. The average molecular weight is 379 g/mol. The predicted molar refractivity (Wildman–Crippen MR) is 104 cm³/mol. The summed E-state index contributed by atoms with van der Waals surface area (Å²) in [5, 5.41) is 8.38. The Morgan fingerprint density at radius 2 is 1.67 bits per heavy atom. The van der Waals surface area contributed by atoms with Crippen molar-refractivity contribution in [3.8, 4) is 0 Å². The summed E-state index contributed by atoms with van der Waals surface area (Å²) < 4.78 is 5.82. The fourth-order valence-electron chi connectivity index (χ4n) is 3.22. The molecule has 1 amide bonds. The lowest BCUT2D eigenvalue weighted by atomic mass is 10.1. The van der Waals surface area contributed by atoms with Crippen molar-refractivity contribution >= 4 is 17.7 Å². The Morgan fingerprint density at radius 3 is 2.37 bits per heavy atom. The molecule has 1 aromatic heterocycles. The summed E-state index contributed by atoms with van der Waals surface area (Å²) in [6, 6.07) is 19.8. The topological polar surface area (TPSA) is 59.2 Å². The van der Waals surface area contributed by atoms with Gasteiger partial charge in [0.1, 0.15) is 5.25 Å². The molecule has 4 rings (SSSR count). The number of carbonyl (C=O) groups excluding carboxylic acids is 1. The molecular weight excluding hydrogens is 358 g/mol. The number of hydrogen-bond donors (Lipinski definition) is 0. The lowest BCUT2D eigenvalue weighted by Crippen LogP contribution is -2.31. The first-order chi connectivity index (χ1) is 13.3. The van der Waals surface area contributed by atoms with Crippen LogP contribution in [-0.2, 0) is 11.2 Å². The summed E-state index contributed by atoms with van der Waals surface area (Å²) >= 11 is 1.34. The van der Waals surface area contributed by atoms with Gasteiger partial charge in [0.25, 0.3) is 5.22 Å².